The summed E-state index contributed by atoms with van der Waals surface area (Å²) in [6.07, 6.45) is 7.84. The van der Waals surface area contributed by atoms with E-state index in [0.717, 1.165) is 5.92 Å². The minimum Gasteiger partial charge on any atom is -0.373 e. The van der Waals surface area contributed by atoms with Gasteiger partial charge in [0, 0.05) is 0 Å². The third-order valence-electron chi connectivity index (χ3n) is 4.96. The minimum atomic E-state index is -1.22. The van der Waals surface area contributed by atoms with Gasteiger partial charge in [-0.25, -0.2) is 0 Å². The molecule has 1 atom stereocenters. The van der Waals surface area contributed by atoms with E-state index >= 15 is 0 Å². The average Bonchev–Trinajstić information content (AvgIpc) is 2.93. The lowest BCUT2D eigenvalue weighted by Crippen LogP contribution is -2.60. The molecule has 2 rings (SSSR count). The molecule has 0 aromatic carbocycles. The topological polar surface area (TPSA) is 12.5 Å². The summed E-state index contributed by atoms with van der Waals surface area (Å²) >= 11 is 0. The zero-order valence-electron chi connectivity index (χ0n) is 12.6. The van der Waals surface area contributed by atoms with Crippen LogP contribution < -0.4 is 0 Å². The summed E-state index contributed by atoms with van der Waals surface area (Å²) < 4.78 is 6.50. The molecule has 2 aliphatic rings. The molecule has 17 heavy (non-hydrogen) atoms. The van der Waals surface area contributed by atoms with Crippen LogP contribution in [0.25, 0.3) is 0 Å². The molecule has 0 bridgehead atoms. The fourth-order valence-corrected chi connectivity index (χ4v) is 16.5. The summed E-state index contributed by atoms with van der Waals surface area (Å²) in [7, 11) is -2.43. The molecule has 1 saturated heterocycles. The Balaban J connectivity index is 2.17. The van der Waals surface area contributed by atoms with Crippen LogP contribution in [0.2, 0.25) is 39.3 Å². The average molecular weight is 271 g/mol. The summed E-state index contributed by atoms with van der Waals surface area (Å²) in [5.41, 5.74) is 0. The molecule has 0 spiro atoms. The molecule has 1 aliphatic carbocycles. The zero-order chi connectivity index (χ0) is 12.9. The Labute approximate surface area is 109 Å². The van der Waals surface area contributed by atoms with Crippen molar-refractivity contribution in [2.75, 3.05) is 0 Å². The number of hydrogen-bond donors (Lipinski definition) is 0. The first-order valence-corrected chi connectivity index (χ1v) is 14.4. The van der Waals surface area contributed by atoms with Gasteiger partial charge in [0.2, 0.25) is 0 Å². The summed E-state index contributed by atoms with van der Waals surface area (Å²) in [5.74, 6) is 0.891. The molecule has 1 aliphatic heterocycles. The normalized spacial score (nSPS) is 30.4. The standard InChI is InChI=1S/C14H30OSi2/c1-16(2,3)14(17(4,5)6)13(15-14)12-10-8-7-9-11-12/h12-13H,7-11H2,1-6H3. The van der Waals surface area contributed by atoms with Crippen molar-refractivity contribution in [1.29, 1.82) is 0 Å². The second-order valence-electron chi connectivity index (χ2n) is 8.17. The molecule has 2 fully saturated rings. The summed E-state index contributed by atoms with van der Waals surface area (Å²) in [6, 6.07) is 0. The van der Waals surface area contributed by atoms with E-state index in [1.54, 1.807) is 0 Å². The minimum absolute atomic E-state index is 0.377. The SMILES string of the molecule is C[Si](C)(C)C1([Si](C)(C)C)OC1C1CCCCC1. The van der Waals surface area contributed by atoms with Crippen molar-refractivity contribution in [3.05, 3.63) is 0 Å². The molecule has 100 valence electrons. The molecule has 0 aromatic rings. The first-order valence-electron chi connectivity index (χ1n) is 7.38. The molecule has 1 saturated carbocycles. The van der Waals surface area contributed by atoms with Crippen molar-refractivity contribution >= 4 is 16.1 Å². The maximum atomic E-state index is 6.50. The van der Waals surface area contributed by atoms with Gasteiger partial charge in [0.15, 0.2) is 0 Å². The Bertz CT molecular complexity index is 268. The van der Waals surface area contributed by atoms with Gasteiger partial charge in [-0.1, -0.05) is 58.5 Å². The third-order valence-corrected chi connectivity index (χ3v) is 14.7. The predicted octanol–water partition coefficient (Wildman–Crippen LogP) is 4.46. The molecule has 0 amide bonds. The highest BCUT2D eigenvalue weighted by Crippen LogP contribution is 2.56. The van der Waals surface area contributed by atoms with E-state index in [2.05, 4.69) is 39.3 Å². The van der Waals surface area contributed by atoms with Crippen LogP contribution in [0.15, 0.2) is 0 Å². The van der Waals surface area contributed by atoms with Gasteiger partial charge in [-0.3, -0.25) is 0 Å². The Hall–Kier alpha value is 0.394. The van der Waals surface area contributed by atoms with Gasteiger partial charge in [0.1, 0.15) is 0 Å². The quantitative estimate of drug-likeness (QED) is 0.545. The number of rotatable bonds is 3. The molecular weight excluding hydrogens is 240 g/mol. The summed E-state index contributed by atoms with van der Waals surface area (Å²) in [6.45, 7) is 15.1. The van der Waals surface area contributed by atoms with E-state index in [9.17, 15) is 0 Å². The fraction of sp³-hybridized carbons (Fsp3) is 1.00. The van der Waals surface area contributed by atoms with Gasteiger partial charge >= 0.3 is 0 Å². The molecule has 3 heteroatoms. The van der Waals surface area contributed by atoms with Gasteiger partial charge in [0.05, 0.1) is 27.1 Å². The van der Waals surface area contributed by atoms with Crippen molar-refractivity contribution in [3.63, 3.8) is 0 Å². The van der Waals surface area contributed by atoms with Crippen LogP contribution in [0, 0.1) is 5.92 Å². The van der Waals surface area contributed by atoms with E-state index in [-0.39, 0.29) is 0 Å². The lowest BCUT2D eigenvalue weighted by Gasteiger charge is -2.38. The summed E-state index contributed by atoms with van der Waals surface area (Å²) in [5, 5.41) is 0. The smallest absolute Gasteiger partial charge is 0.0834 e. The van der Waals surface area contributed by atoms with Crippen molar-refractivity contribution in [1.82, 2.24) is 0 Å². The van der Waals surface area contributed by atoms with Crippen LogP contribution in [0.4, 0.5) is 0 Å². The number of ether oxygens (including phenoxy) is 1. The predicted molar refractivity (Wildman–Crippen MR) is 80.9 cm³/mol. The van der Waals surface area contributed by atoms with E-state index in [0.29, 0.717) is 11.0 Å². The lowest BCUT2D eigenvalue weighted by molar-refractivity contribution is 0.263. The highest BCUT2D eigenvalue weighted by Gasteiger charge is 2.71. The van der Waals surface area contributed by atoms with Crippen molar-refractivity contribution in [2.24, 2.45) is 5.92 Å². The third kappa shape index (κ3) is 2.19. The van der Waals surface area contributed by atoms with Crippen molar-refractivity contribution in [3.8, 4) is 0 Å². The summed E-state index contributed by atoms with van der Waals surface area (Å²) in [4.78, 5) is 0.377. The van der Waals surface area contributed by atoms with E-state index in [4.69, 9.17) is 4.74 Å². The fourth-order valence-electron chi connectivity index (χ4n) is 4.36. The van der Waals surface area contributed by atoms with Gasteiger partial charge in [-0.2, -0.15) is 0 Å². The second kappa shape index (κ2) is 4.21. The van der Waals surface area contributed by atoms with Crippen LogP contribution in [0.3, 0.4) is 0 Å². The molecule has 0 N–H and O–H groups in total. The second-order valence-corrected chi connectivity index (χ2v) is 19.2. The number of epoxide rings is 1. The van der Waals surface area contributed by atoms with Gasteiger partial charge in [-0.05, 0) is 18.8 Å². The Morgan fingerprint density at radius 1 is 0.824 bits per heavy atom. The van der Waals surface area contributed by atoms with Gasteiger partial charge in [0.25, 0.3) is 0 Å². The highest BCUT2D eigenvalue weighted by molar-refractivity contribution is 6.99. The van der Waals surface area contributed by atoms with Crippen LogP contribution in [0.1, 0.15) is 32.1 Å². The molecule has 0 radical (unpaired) electrons. The monoisotopic (exact) mass is 270 g/mol. The Morgan fingerprint density at radius 3 is 1.65 bits per heavy atom. The van der Waals surface area contributed by atoms with E-state index < -0.39 is 16.1 Å². The van der Waals surface area contributed by atoms with Gasteiger partial charge < -0.3 is 4.74 Å². The largest absolute Gasteiger partial charge is 0.373 e. The van der Waals surface area contributed by atoms with E-state index in [1.165, 1.54) is 32.1 Å². The molecule has 1 heterocycles. The van der Waals surface area contributed by atoms with Crippen molar-refractivity contribution in [2.45, 2.75) is 82.3 Å². The first kappa shape index (κ1) is 13.8. The van der Waals surface area contributed by atoms with Crippen LogP contribution in [0.5, 0.6) is 0 Å². The Kier molecular flexibility index (Phi) is 3.42. The maximum Gasteiger partial charge on any atom is 0.0834 e. The maximum absolute atomic E-state index is 6.50. The van der Waals surface area contributed by atoms with Crippen LogP contribution >= 0.6 is 0 Å². The molecule has 1 nitrogen and oxygen atoms in total. The molecule has 0 aromatic heterocycles. The molecular formula is C14H30OSi2. The number of hydrogen-bond acceptors (Lipinski definition) is 1. The van der Waals surface area contributed by atoms with Crippen molar-refractivity contribution < 1.29 is 4.74 Å². The Morgan fingerprint density at radius 2 is 1.29 bits per heavy atom. The lowest BCUT2D eigenvalue weighted by atomic mass is 9.87. The van der Waals surface area contributed by atoms with Crippen LogP contribution in [-0.4, -0.2) is 27.1 Å². The van der Waals surface area contributed by atoms with Gasteiger partial charge in [-0.15, -0.1) is 0 Å². The van der Waals surface area contributed by atoms with E-state index in [1.807, 2.05) is 0 Å². The first-order chi connectivity index (χ1) is 7.70. The highest BCUT2D eigenvalue weighted by atomic mass is 28.4. The molecule has 1 unspecified atom stereocenters. The zero-order valence-corrected chi connectivity index (χ0v) is 14.6. The van der Waals surface area contributed by atoms with Crippen LogP contribution in [-0.2, 0) is 4.74 Å².